The number of H-pyrrole nitrogens is 1. The fourth-order valence-corrected chi connectivity index (χ4v) is 12.4. The van der Waals surface area contributed by atoms with Gasteiger partial charge >= 0.3 is 0 Å². The van der Waals surface area contributed by atoms with Crippen LogP contribution in [0.2, 0.25) is 5.04 Å². The topological polar surface area (TPSA) is 54.6 Å². The van der Waals surface area contributed by atoms with E-state index in [0.717, 1.165) is 24.8 Å². The zero-order valence-corrected chi connectivity index (χ0v) is 30.5. The number of hydrogen-bond donors (Lipinski definition) is 1. The Balaban J connectivity index is 1.38. The summed E-state index contributed by atoms with van der Waals surface area (Å²) in [5, 5.41) is 3.65. The molecule has 1 saturated heterocycles. The van der Waals surface area contributed by atoms with Gasteiger partial charge in [0.05, 0.1) is 5.41 Å². The maximum Gasteiger partial charge on any atom is 0.261 e. The van der Waals surface area contributed by atoms with Crippen molar-refractivity contribution >= 4 is 63.9 Å². The van der Waals surface area contributed by atoms with Crippen molar-refractivity contribution in [2.24, 2.45) is 5.41 Å². The number of para-hydroxylation sites is 1. The number of carbonyl (C=O) groups is 1. The molecule has 5 rings (SSSR count). The molecule has 0 aliphatic carbocycles. The van der Waals surface area contributed by atoms with E-state index in [1.807, 2.05) is 12.3 Å². The van der Waals surface area contributed by atoms with Crippen LogP contribution in [0.5, 0.6) is 0 Å². The summed E-state index contributed by atoms with van der Waals surface area (Å²) < 4.78 is 14.1. The van der Waals surface area contributed by atoms with Gasteiger partial charge in [-0.05, 0) is 71.2 Å². The van der Waals surface area contributed by atoms with Crippen LogP contribution in [0, 0.1) is 5.41 Å². The predicted octanol–water partition coefficient (Wildman–Crippen LogP) is 7.73. The van der Waals surface area contributed by atoms with Gasteiger partial charge in [-0.2, -0.15) is 0 Å². The highest BCUT2D eigenvalue weighted by Crippen LogP contribution is 2.43. The van der Waals surface area contributed by atoms with Crippen molar-refractivity contribution in [1.29, 1.82) is 0 Å². The number of aromatic nitrogens is 1. The van der Waals surface area contributed by atoms with Crippen LogP contribution >= 0.6 is 24.0 Å². The first kappa shape index (κ1) is 34.4. The maximum atomic E-state index is 14.5. The minimum absolute atomic E-state index is 0.103. The highest BCUT2D eigenvalue weighted by Gasteiger charge is 2.52. The summed E-state index contributed by atoms with van der Waals surface area (Å²) in [5.74, 6) is 0.181. The third kappa shape index (κ3) is 6.86. The predicted molar refractivity (Wildman–Crippen MR) is 200 cm³/mol. The van der Waals surface area contributed by atoms with Crippen LogP contribution in [-0.2, 0) is 20.4 Å². The minimum atomic E-state index is -2.67. The van der Waals surface area contributed by atoms with E-state index in [0.29, 0.717) is 36.9 Å². The largest absolute Gasteiger partial charge is 0.474 e. The first-order valence-corrected chi connectivity index (χ1v) is 20.0. The third-order valence-corrected chi connectivity index (χ3v) is 15.9. The van der Waals surface area contributed by atoms with Gasteiger partial charge in [0.1, 0.15) is 6.10 Å². The molecule has 0 radical (unpaired) electrons. The van der Waals surface area contributed by atoms with Crippen LogP contribution in [0.3, 0.4) is 0 Å². The molecule has 1 amide bonds. The molecule has 1 unspecified atom stereocenters. The Bertz CT molecular complexity index is 1570. The molecule has 0 spiro atoms. The number of amides is 1. The molecule has 2 atom stereocenters. The number of piperidine rings is 1. The van der Waals surface area contributed by atoms with Crippen molar-refractivity contribution in [2.75, 3.05) is 26.0 Å². The van der Waals surface area contributed by atoms with Crippen molar-refractivity contribution in [2.45, 2.75) is 70.9 Å². The zero-order valence-electron chi connectivity index (χ0n) is 27.9. The number of rotatable bonds is 12. The molecule has 244 valence electrons. The quantitative estimate of drug-likeness (QED) is 0.0949. The molecule has 1 fully saturated rings. The zero-order chi connectivity index (χ0) is 32.8. The lowest BCUT2D eigenvalue weighted by Crippen LogP contribution is -2.66. The number of likely N-dealkylation sites (tertiary alicyclic amines) is 1. The molecule has 1 aliphatic heterocycles. The smallest absolute Gasteiger partial charge is 0.261 e. The van der Waals surface area contributed by atoms with Crippen LogP contribution < -0.4 is 10.4 Å². The van der Waals surface area contributed by atoms with E-state index >= 15 is 0 Å². The second kappa shape index (κ2) is 14.9. The van der Waals surface area contributed by atoms with E-state index in [4.69, 9.17) is 21.4 Å². The SMILES string of the molecule is CC[C@]1(CCCO[Si](c2ccccc2)(c2ccccc2)C(C)(C)C)C(=O)N(CCc2c[nH]c3ccccc23)CCC1OC(=S)SC. The van der Waals surface area contributed by atoms with Gasteiger partial charge in [-0.1, -0.05) is 118 Å². The van der Waals surface area contributed by atoms with Crippen molar-refractivity contribution in [3.8, 4) is 0 Å². The lowest BCUT2D eigenvalue weighted by molar-refractivity contribution is -0.157. The number of nitrogens with one attached hydrogen (secondary N) is 1. The number of fused-ring (bicyclic) bond motifs is 1. The number of thioether (sulfide) groups is 1. The van der Waals surface area contributed by atoms with Gasteiger partial charge in [-0.15, -0.1) is 0 Å². The molecule has 1 aromatic heterocycles. The molecule has 1 aliphatic rings. The first-order chi connectivity index (χ1) is 22.2. The number of benzene rings is 3. The van der Waals surface area contributed by atoms with Gasteiger partial charge in [-0.25, -0.2) is 0 Å². The van der Waals surface area contributed by atoms with Crippen LogP contribution in [0.4, 0.5) is 0 Å². The van der Waals surface area contributed by atoms with Gasteiger partial charge in [0, 0.05) is 43.2 Å². The van der Waals surface area contributed by atoms with Gasteiger partial charge < -0.3 is 19.0 Å². The van der Waals surface area contributed by atoms with E-state index < -0.39 is 13.7 Å². The second-order valence-corrected chi connectivity index (χ2v) is 19.1. The number of nitrogens with zero attached hydrogens (tertiary/aromatic N) is 1. The lowest BCUT2D eigenvalue weighted by atomic mass is 9.71. The summed E-state index contributed by atoms with van der Waals surface area (Å²) in [6, 6.07) is 29.8. The van der Waals surface area contributed by atoms with Crippen LogP contribution in [0.15, 0.2) is 91.1 Å². The number of thiocarbonyl (C=S) groups is 1. The number of carbonyl (C=O) groups excluding carboxylic acids is 1. The van der Waals surface area contributed by atoms with E-state index in [2.05, 4.69) is 123 Å². The third-order valence-electron chi connectivity index (χ3n) is 9.86. The molecule has 3 aromatic carbocycles. The molecule has 46 heavy (non-hydrogen) atoms. The van der Waals surface area contributed by atoms with Gasteiger partial charge in [0.15, 0.2) is 0 Å². The average molecular weight is 673 g/mol. The Hall–Kier alpha value is -2.91. The van der Waals surface area contributed by atoms with E-state index in [1.54, 1.807) is 0 Å². The molecule has 2 heterocycles. The van der Waals surface area contributed by atoms with E-state index in [-0.39, 0.29) is 17.0 Å². The van der Waals surface area contributed by atoms with Crippen LogP contribution in [-0.4, -0.2) is 60.5 Å². The molecule has 0 bridgehead atoms. The number of aromatic amines is 1. The monoisotopic (exact) mass is 672 g/mol. The summed E-state index contributed by atoms with van der Waals surface area (Å²) in [5.41, 5.74) is 1.71. The van der Waals surface area contributed by atoms with Crippen LogP contribution in [0.1, 0.15) is 58.9 Å². The lowest BCUT2D eigenvalue weighted by Gasteiger charge is -2.47. The Labute approximate surface area is 285 Å². The highest BCUT2D eigenvalue weighted by molar-refractivity contribution is 8.22. The molecule has 5 nitrogen and oxygen atoms in total. The Morgan fingerprint density at radius 1 is 1.02 bits per heavy atom. The van der Waals surface area contributed by atoms with E-state index in [9.17, 15) is 4.79 Å². The second-order valence-electron chi connectivity index (χ2n) is 13.4. The maximum absolute atomic E-state index is 14.5. The fourth-order valence-electron chi connectivity index (χ4n) is 7.44. The number of ether oxygens (including phenoxy) is 1. The van der Waals surface area contributed by atoms with Crippen molar-refractivity contribution in [3.63, 3.8) is 0 Å². The fraction of sp³-hybridized carbons (Fsp3) is 0.421. The highest BCUT2D eigenvalue weighted by atomic mass is 32.2. The van der Waals surface area contributed by atoms with Crippen molar-refractivity contribution in [3.05, 3.63) is 96.7 Å². The van der Waals surface area contributed by atoms with Crippen molar-refractivity contribution in [1.82, 2.24) is 9.88 Å². The average Bonchev–Trinajstić information content (AvgIpc) is 3.49. The summed E-state index contributed by atoms with van der Waals surface area (Å²) in [7, 11) is -2.67. The van der Waals surface area contributed by atoms with Gasteiger partial charge in [0.2, 0.25) is 10.3 Å². The number of hydrogen-bond acceptors (Lipinski definition) is 5. The Morgan fingerprint density at radius 2 is 1.65 bits per heavy atom. The normalized spacial score (nSPS) is 19.0. The molecule has 0 saturated carbocycles. The first-order valence-electron chi connectivity index (χ1n) is 16.5. The van der Waals surface area contributed by atoms with Gasteiger partial charge in [0.25, 0.3) is 8.32 Å². The minimum Gasteiger partial charge on any atom is -0.474 e. The summed E-state index contributed by atoms with van der Waals surface area (Å²) in [4.78, 5) is 20.0. The molecule has 1 N–H and O–H groups in total. The molecular formula is C38H48N2O3S2Si. The molecule has 4 aromatic rings. The summed E-state index contributed by atoms with van der Waals surface area (Å²) in [6.45, 7) is 11.0. The molecule has 8 heteroatoms. The summed E-state index contributed by atoms with van der Waals surface area (Å²) >= 11 is 6.96. The summed E-state index contributed by atoms with van der Waals surface area (Å²) in [6.07, 6.45) is 7.48. The van der Waals surface area contributed by atoms with Gasteiger partial charge in [-0.3, -0.25) is 4.79 Å². The Morgan fingerprint density at radius 3 is 2.26 bits per heavy atom. The molecular weight excluding hydrogens is 625 g/mol. The van der Waals surface area contributed by atoms with Crippen LogP contribution in [0.25, 0.3) is 10.9 Å². The Kier molecular flexibility index (Phi) is 11.1. The van der Waals surface area contributed by atoms with E-state index in [1.165, 1.54) is 33.1 Å². The van der Waals surface area contributed by atoms with Crippen molar-refractivity contribution < 1.29 is 14.0 Å². The standard InChI is InChI=1S/C38H48N2O3S2Si/c1-6-38(24-15-27-42-46(37(2,3)4,30-16-9-7-10-17-30)31-18-11-8-12-19-31)34(43-36(44)45-5)23-26-40(35(38)41)25-22-29-28-39-33-21-14-13-20-32(29)33/h7-14,16-21,28,34,39H,6,15,22-27H2,1-5H3/t34?,38-/m1/s1.